The number of aromatic hydroxyl groups is 1. The first-order valence-electron chi connectivity index (χ1n) is 7.45. The van der Waals surface area contributed by atoms with E-state index in [1.807, 2.05) is 6.07 Å². The lowest BCUT2D eigenvalue weighted by Crippen LogP contribution is -2.17. The van der Waals surface area contributed by atoms with Gasteiger partial charge in [-0.3, -0.25) is 0 Å². The van der Waals surface area contributed by atoms with Crippen LogP contribution in [0.3, 0.4) is 0 Å². The number of hydrogen-bond donors (Lipinski definition) is 1. The highest BCUT2D eigenvalue weighted by molar-refractivity contribution is 6.30. The molecular formula is C19H20ClFO. The molecule has 0 saturated carbocycles. The Hall–Kier alpha value is -1.54. The SMILES string of the molecule is CC1(C)CC(C)(C)c2cc(-c3ccc(Cl)cc3O)c(F)cc21. The van der Waals surface area contributed by atoms with Gasteiger partial charge in [0, 0.05) is 16.1 Å². The molecule has 1 nitrogen and oxygen atoms in total. The number of phenolic OH excluding ortho intramolecular Hbond substituents is 1. The largest absolute Gasteiger partial charge is 0.507 e. The van der Waals surface area contributed by atoms with Crippen LogP contribution in [0.15, 0.2) is 30.3 Å². The van der Waals surface area contributed by atoms with E-state index in [1.165, 1.54) is 6.07 Å². The van der Waals surface area contributed by atoms with Crippen molar-refractivity contribution in [3.63, 3.8) is 0 Å². The molecule has 3 rings (SSSR count). The maximum atomic E-state index is 14.7. The van der Waals surface area contributed by atoms with E-state index in [2.05, 4.69) is 27.7 Å². The average molecular weight is 319 g/mol. The molecule has 0 aromatic heterocycles. The van der Waals surface area contributed by atoms with Crippen molar-refractivity contribution >= 4 is 11.6 Å². The number of rotatable bonds is 1. The predicted molar refractivity (Wildman–Crippen MR) is 89.2 cm³/mol. The molecule has 0 fully saturated rings. The van der Waals surface area contributed by atoms with Crippen LogP contribution >= 0.6 is 11.6 Å². The van der Waals surface area contributed by atoms with Crippen molar-refractivity contribution in [1.82, 2.24) is 0 Å². The first-order valence-corrected chi connectivity index (χ1v) is 7.83. The lowest BCUT2D eigenvalue weighted by molar-refractivity contribution is 0.403. The van der Waals surface area contributed by atoms with E-state index >= 15 is 0 Å². The highest BCUT2D eigenvalue weighted by Gasteiger charge is 2.42. The molecule has 0 spiro atoms. The summed E-state index contributed by atoms with van der Waals surface area (Å²) in [5, 5.41) is 10.5. The molecule has 0 heterocycles. The van der Waals surface area contributed by atoms with Gasteiger partial charge in [0.1, 0.15) is 11.6 Å². The van der Waals surface area contributed by atoms with Crippen LogP contribution in [-0.2, 0) is 10.8 Å². The summed E-state index contributed by atoms with van der Waals surface area (Å²) in [5.74, 6) is -0.302. The van der Waals surface area contributed by atoms with E-state index in [9.17, 15) is 9.50 Å². The van der Waals surface area contributed by atoms with Crippen LogP contribution in [-0.4, -0.2) is 5.11 Å². The fourth-order valence-corrected chi connectivity index (χ4v) is 4.09. The molecule has 3 heteroatoms. The zero-order valence-corrected chi connectivity index (χ0v) is 14.1. The second-order valence-corrected chi connectivity index (χ2v) is 7.92. The minimum absolute atomic E-state index is 0.00131. The van der Waals surface area contributed by atoms with E-state index in [4.69, 9.17) is 11.6 Å². The maximum Gasteiger partial charge on any atom is 0.131 e. The van der Waals surface area contributed by atoms with Gasteiger partial charge in [-0.15, -0.1) is 0 Å². The summed E-state index contributed by atoms with van der Waals surface area (Å²) in [6, 6.07) is 8.29. The predicted octanol–water partition coefficient (Wildman–Crippen LogP) is 5.81. The van der Waals surface area contributed by atoms with Crippen molar-refractivity contribution in [3.8, 4) is 16.9 Å². The molecule has 22 heavy (non-hydrogen) atoms. The van der Waals surface area contributed by atoms with Crippen LogP contribution in [0, 0.1) is 5.82 Å². The van der Waals surface area contributed by atoms with Gasteiger partial charge in [-0.25, -0.2) is 4.39 Å². The summed E-state index contributed by atoms with van der Waals surface area (Å²) in [5.41, 5.74) is 3.07. The topological polar surface area (TPSA) is 20.2 Å². The summed E-state index contributed by atoms with van der Waals surface area (Å²) in [7, 11) is 0. The summed E-state index contributed by atoms with van der Waals surface area (Å²) >= 11 is 5.87. The van der Waals surface area contributed by atoms with Gasteiger partial charge in [-0.1, -0.05) is 39.3 Å². The molecule has 116 valence electrons. The number of fused-ring (bicyclic) bond motifs is 1. The second-order valence-electron chi connectivity index (χ2n) is 7.48. The van der Waals surface area contributed by atoms with Gasteiger partial charge < -0.3 is 5.11 Å². The van der Waals surface area contributed by atoms with Crippen molar-refractivity contribution in [1.29, 1.82) is 0 Å². The Labute approximate surface area is 135 Å². The Morgan fingerprint density at radius 2 is 1.55 bits per heavy atom. The quantitative estimate of drug-likeness (QED) is 0.703. The molecule has 1 aliphatic carbocycles. The molecule has 2 aromatic carbocycles. The van der Waals surface area contributed by atoms with E-state index in [1.54, 1.807) is 18.2 Å². The Bertz CT molecular complexity index is 762. The zero-order chi connectivity index (χ0) is 16.3. The molecule has 0 radical (unpaired) electrons. The Kier molecular flexibility index (Phi) is 3.30. The molecule has 1 N–H and O–H groups in total. The number of phenols is 1. The third-order valence-electron chi connectivity index (χ3n) is 4.70. The van der Waals surface area contributed by atoms with Gasteiger partial charge in [-0.2, -0.15) is 0 Å². The van der Waals surface area contributed by atoms with Crippen LogP contribution in [0.1, 0.15) is 45.2 Å². The molecule has 0 saturated heterocycles. The van der Waals surface area contributed by atoms with Gasteiger partial charge in [-0.05, 0) is 58.7 Å². The van der Waals surface area contributed by atoms with Crippen molar-refractivity contribution in [2.45, 2.75) is 44.9 Å². The fraction of sp³-hybridized carbons (Fsp3) is 0.368. The van der Waals surface area contributed by atoms with Crippen molar-refractivity contribution in [3.05, 3.63) is 52.3 Å². The number of hydrogen-bond acceptors (Lipinski definition) is 1. The highest BCUT2D eigenvalue weighted by atomic mass is 35.5. The third kappa shape index (κ3) is 2.30. The van der Waals surface area contributed by atoms with Gasteiger partial charge in [0.15, 0.2) is 0 Å². The average Bonchev–Trinajstić information content (AvgIpc) is 2.54. The first-order chi connectivity index (χ1) is 10.1. The molecule has 0 aliphatic heterocycles. The van der Waals surface area contributed by atoms with Crippen LogP contribution in [0.25, 0.3) is 11.1 Å². The van der Waals surface area contributed by atoms with Crippen molar-refractivity contribution in [2.24, 2.45) is 0 Å². The van der Waals surface area contributed by atoms with Gasteiger partial charge in [0.2, 0.25) is 0 Å². The third-order valence-corrected chi connectivity index (χ3v) is 4.93. The van der Waals surface area contributed by atoms with E-state index < -0.39 is 0 Å². The summed E-state index contributed by atoms with van der Waals surface area (Å²) in [6.07, 6.45) is 0.977. The summed E-state index contributed by atoms with van der Waals surface area (Å²) in [4.78, 5) is 0. The summed E-state index contributed by atoms with van der Waals surface area (Å²) in [6.45, 7) is 8.67. The molecule has 0 amide bonds. The van der Waals surface area contributed by atoms with Crippen LogP contribution in [0.5, 0.6) is 5.75 Å². The van der Waals surface area contributed by atoms with Gasteiger partial charge in [0.25, 0.3) is 0 Å². The van der Waals surface area contributed by atoms with Crippen LogP contribution in [0.4, 0.5) is 4.39 Å². The highest BCUT2D eigenvalue weighted by Crippen LogP contribution is 2.51. The molecule has 0 atom stereocenters. The van der Waals surface area contributed by atoms with E-state index in [-0.39, 0.29) is 22.4 Å². The molecular weight excluding hydrogens is 299 g/mol. The standard InChI is InChI=1S/C19H20ClFO/c1-18(2)10-19(3,4)15-9-16(21)13(8-14(15)18)12-6-5-11(20)7-17(12)22/h5-9,22H,10H2,1-4H3. The van der Waals surface area contributed by atoms with Crippen molar-refractivity contribution in [2.75, 3.05) is 0 Å². The molecule has 2 aromatic rings. The Balaban J connectivity index is 2.25. The number of halogens is 2. The summed E-state index contributed by atoms with van der Waals surface area (Å²) < 4.78 is 14.7. The minimum atomic E-state index is -0.304. The smallest absolute Gasteiger partial charge is 0.131 e. The Morgan fingerprint density at radius 1 is 0.955 bits per heavy atom. The van der Waals surface area contributed by atoms with Crippen LogP contribution < -0.4 is 0 Å². The van der Waals surface area contributed by atoms with Crippen molar-refractivity contribution < 1.29 is 9.50 Å². The normalized spacial score (nSPS) is 18.3. The van der Waals surface area contributed by atoms with E-state index in [0.29, 0.717) is 16.1 Å². The maximum absolute atomic E-state index is 14.7. The monoisotopic (exact) mass is 318 g/mol. The Morgan fingerprint density at radius 3 is 2.14 bits per heavy atom. The molecule has 0 unspecified atom stereocenters. The molecule has 1 aliphatic rings. The lowest BCUT2D eigenvalue weighted by atomic mass is 9.82. The van der Waals surface area contributed by atoms with Crippen LogP contribution in [0.2, 0.25) is 5.02 Å². The van der Waals surface area contributed by atoms with E-state index in [0.717, 1.165) is 17.5 Å². The molecule has 0 bridgehead atoms. The first kappa shape index (κ1) is 15.4. The van der Waals surface area contributed by atoms with Gasteiger partial charge in [0.05, 0.1) is 0 Å². The van der Waals surface area contributed by atoms with Gasteiger partial charge >= 0.3 is 0 Å². The minimum Gasteiger partial charge on any atom is -0.507 e. The second kappa shape index (κ2) is 4.73. The number of benzene rings is 2. The fourth-order valence-electron chi connectivity index (χ4n) is 3.93. The zero-order valence-electron chi connectivity index (χ0n) is 13.3. The lowest BCUT2D eigenvalue weighted by Gasteiger charge is -2.22.